The average Bonchev–Trinajstić information content (AvgIpc) is 3.07. The Balaban J connectivity index is 1.63. The van der Waals surface area contributed by atoms with Gasteiger partial charge in [-0.2, -0.15) is 0 Å². The van der Waals surface area contributed by atoms with Gasteiger partial charge in [-0.1, -0.05) is 18.2 Å². The van der Waals surface area contributed by atoms with E-state index < -0.39 is 6.10 Å². The number of carbonyl (C=O) groups excluding carboxylic acids is 1. The van der Waals surface area contributed by atoms with E-state index in [0.29, 0.717) is 25.4 Å². The lowest BCUT2D eigenvalue weighted by molar-refractivity contribution is -0.127. The Morgan fingerprint density at radius 1 is 1.39 bits per heavy atom. The molecule has 124 valence electrons. The number of hydrogen-bond donors (Lipinski definition) is 1. The molecule has 3 rings (SSSR count). The summed E-state index contributed by atoms with van der Waals surface area (Å²) in [6.45, 7) is 3.28. The summed E-state index contributed by atoms with van der Waals surface area (Å²) in [7, 11) is 2.01. The van der Waals surface area contributed by atoms with Gasteiger partial charge in [0.1, 0.15) is 6.10 Å². The normalized spacial score (nSPS) is 21.3. The molecule has 2 atom stereocenters. The number of likely N-dealkylation sites (tertiary alicyclic amines) is 1. The molecule has 1 N–H and O–H groups in total. The summed E-state index contributed by atoms with van der Waals surface area (Å²) in [6.07, 6.45) is 1.22. The first-order valence-electron chi connectivity index (χ1n) is 7.84. The SMILES string of the molecule is CCO[C@@H]1CN(C(=O)CSc2cn(C)c3ccccc23)C[C@H]1O. The second-order valence-corrected chi connectivity index (χ2v) is 6.79. The van der Waals surface area contributed by atoms with Crippen LogP contribution < -0.4 is 0 Å². The zero-order chi connectivity index (χ0) is 16.4. The third kappa shape index (κ3) is 3.39. The van der Waals surface area contributed by atoms with Crippen molar-refractivity contribution in [1.29, 1.82) is 0 Å². The van der Waals surface area contributed by atoms with Gasteiger partial charge in [0.25, 0.3) is 0 Å². The van der Waals surface area contributed by atoms with Gasteiger partial charge in [0.15, 0.2) is 0 Å². The summed E-state index contributed by atoms with van der Waals surface area (Å²) < 4.78 is 7.54. The highest BCUT2D eigenvalue weighted by Gasteiger charge is 2.34. The topological polar surface area (TPSA) is 54.7 Å². The number of hydrogen-bond acceptors (Lipinski definition) is 4. The van der Waals surface area contributed by atoms with E-state index >= 15 is 0 Å². The fourth-order valence-corrected chi connectivity index (χ4v) is 4.01. The molecule has 1 amide bonds. The molecule has 2 aromatic rings. The highest BCUT2D eigenvalue weighted by atomic mass is 32.2. The van der Waals surface area contributed by atoms with Crippen molar-refractivity contribution in [3.8, 4) is 0 Å². The van der Waals surface area contributed by atoms with E-state index in [2.05, 4.69) is 22.9 Å². The maximum Gasteiger partial charge on any atom is 0.233 e. The van der Waals surface area contributed by atoms with Crippen LogP contribution in [0.15, 0.2) is 35.4 Å². The van der Waals surface area contributed by atoms with Gasteiger partial charge < -0.3 is 19.3 Å². The van der Waals surface area contributed by atoms with E-state index in [0.717, 1.165) is 10.4 Å². The van der Waals surface area contributed by atoms with Crippen molar-refractivity contribution in [2.45, 2.75) is 24.0 Å². The number of aromatic nitrogens is 1. The molecular formula is C17H22N2O3S. The Kier molecular flexibility index (Phi) is 4.94. The molecule has 1 saturated heterocycles. The number of β-amino-alcohol motifs (C(OH)–C–C–N with tert-alkyl or cyclic N) is 1. The van der Waals surface area contributed by atoms with E-state index in [1.54, 1.807) is 16.7 Å². The van der Waals surface area contributed by atoms with Crippen LogP contribution in [-0.4, -0.2) is 58.1 Å². The van der Waals surface area contributed by atoms with Gasteiger partial charge >= 0.3 is 0 Å². The lowest BCUT2D eigenvalue weighted by Crippen LogP contribution is -2.31. The molecule has 0 aliphatic carbocycles. The van der Waals surface area contributed by atoms with Crippen LogP contribution in [0.5, 0.6) is 0 Å². The van der Waals surface area contributed by atoms with Crippen LogP contribution >= 0.6 is 11.8 Å². The molecule has 2 heterocycles. The van der Waals surface area contributed by atoms with Crippen LogP contribution in [0.1, 0.15) is 6.92 Å². The average molecular weight is 334 g/mol. The summed E-state index contributed by atoms with van der Waals surface area (Å²) in [4.78, 5) is 15.2. The Bertz CT molecular complexity index is 700. The smallest absolute Gasteiger partial charge is 0.233 e. The van der Waals surface area contributed by atoms with Crippen LogP contribution in [0, 0.1) is 0 Å². The van der Waals surface area contributed by atoms with Gasteiger partial charge in [-0.05, 0) is 13.0 Å². The van der Waals surface area contributed by atoms with Crippen LogP contribution in [0.2, 0.25) is 0 Å². The van der Waals surface area contributed by atoms with Gasteiger partial charge in [0, 0.05) is 48.7 Å². The first-order chi connectivity index (χ1) is 11.1. The zero-order valence-corrected chi connectivity index (χ0v) is 14.3. The van der Waals surface area contributed by atoms with E-state index in [9.17, 15) is 9.90 Å². The Morgan fingerprint density at radius 3 is 2.96 bits per heavy atom. The molecule has 5 nitrogen and oxygen atoms in total. The van der Waals surface area contributed by atoms with Crippen LogP contribution in [0.4, 0.5) is 0 Å². The standard InChI is InChI=1S/C17H22N2O3S/c1-3-22-15-9-19(8-14(15)20)17(21)11-23-16-10-18(2)13-7-5-4-6-12(13)16/h4-7,10,14-15,20H,3,8-9,11H2,1-2H3/t14-,15-/m1/s1. The van der Waals surface area contributed by atoms with Crippen molar-refractivity contribution in [2.24, 2.45) is 7.05 Å². The number of rotatable bonds is 5. The molecule has 23 heavy (non-hydrogen) atoms. The van der Waals surface area contributed by atoms with Gasteiger partial charge in [0.05, 0.1) is 11.9 Å². The molecule has 1 aliphatic rings. The van der Waals surface area contributed by atoms with Gasteiger partial charge in [-0.25, -0.2) is 0 Å². The van der Waals surface area contributed by atoms with Crippen LogP contribution in [0.3, 0.4) is 0 Å². The maximum atomic E-state index is 12.4. The molecule has 0 radical (unpaired) electrons. The van der Waals surface area contributed by atoms with Crippen molar-refractivity contribution < 1.29 is 14.6 Å². The third-order valence-corrected chi connectivity index (χ3v) is 5.21. The number of aliphatic hydroxyl groups excluding tert-OH is 1. The van der Waals surface area contributed by atoms with Crippen molar-refractivity contribution in [1.82, 2.24) is 9.47 Å². The summed E-state index contributed by atoms with van der Waals surface area (Å²) in [5, 5.41) is 11.1. The van der Waals surface area contributed by atoms with Crippen molar-refractivity contribution >= 4 is 28.6 Å². The highest BCUT2D eigenvalue weighted by Crippen LogP contribution is 2.29. The van der Waals surface area contributed by atoms with Gasteiger partial charge in [0.2, 0.25) is 5.91 Å². The number of ether oxygens (including phenoxy) is 1. The summed E-state index contributed by atoms with van der Waals surface area (Å²) in [5.74, 6) is 0.420. The quantitative estimate of drug-likeness (QED) is 0.848. The molecule has 0 bridgehead atoms. The summed E-state index contributed by atoms with van der Waals surface area (Å²) in [5.41, 5.74) is 1.16. The third-order valence-electron chi connectivity index (χ3n) is 4.18. The fourth-order valence-electron chi connectivity index (χ4n) is 2.99. The molecule has 1 aromatic carbocycles. The lowest BCUT2D eigenvalue weighted by Gasteiger charge is -2.15. The minimum absolute atomic E-state index is 0.0455. The number of nitrogens with zero attached hydrogens (tertiary/aromatic N) is 2. The summed E-state index contributed by atoms with van der Waals surface area (Å²) in [6, 6.07) is 8.18. The summed E-state index contributed by atoms with van der Waals surface area (Å²) >= 11 is 1.55. The number of amides is 1. The van der Waals surface area contributed by atoms with Crippen molar-refractivity contribution in [2.75, 3.05) is 25.4 Å². The highest BCUT2D eigenvalue weighted by molar-refractivity contribution is 8.00. The predicted molar refractivity (Wildman–Crippen MR) is 91.6 cm³/mol. The van der Waals surface area contributed by atoms with Crippen molar-refractivity contribution in [3.63, 3.8) is 0 Å². The largest absolute Gasteiger partial charge is 0.388 e. The number of carbonyl (C=O) groups is 1. The first-order valence-corrected chi connectivity index (χ1v) is 8.83. The van der Waals surface area contributed by atoms with Crippen molar-refractivity contribution in [3.05, 3.63) is 30.5 Å². The zero-order valence-electron chi connectivity index (χ0n) is 13.4. The molecule has 0 spiro atoms. The molecule has 0 saturated carbocycles. The molecule has 0 unspecified atom stereocenters. The van der Waals surface area contributed by atoms with Gasteiger partial charge in [-0.3, -0.25) is 4.79 Å². The van der Waals surface area contributed by atoms with Crippen LogP contribution in [-0.2, 0) is 16.6 Å². The number of fused-ring (bicyclic) bond motifs is 1. The van der Waals surface area contributed by atoms with E-state index in [-0.39, 0.29) is 12.0 Å². The minimum atomic E-state index is -0.582. The first kappa shape index (κ1) is 16.4. The van der Waals surface area contributed by atoms with Crippen LogP contribution in [0.25, 0.3) is 10.9 Å². The number of aryl methyl sites for hydroxylation is 1. The monoisotopic (exact) mass is 334 g/mol. The van der Waals surface area contributed by atoms with E-state index in [1.165, 1.54) is 5.39 Å². The minimum Gasteiger partial charge on any atom is -0.388 e. The maximum absolute atomic E-state index is 12.4. The van der Waals surface area contributed by atoms with Gasteiger partial charge in [-0.15, -0.1) is 11.8 Å². The molecule has 6 heteroatoms. The lowest BCUT2D eigenvalue weighted by atomic mass is 10.2. The second-order valence-electron chi connectivity index (χ2n) is 5.77. The fraction of sp³-hybridized carbons (Fsp3) is 0.471. The Hall–Kier alpha value is -1.50. The molecule has 1 fully saturated rings. The molecule has 1 aliphatic heterocycles. The Morgan fingerprint density at radius 2 is 2.17 bits per heavy atom. The predicted octanol–water partition coefficient (Wildman–Crippen LogP) is 1.88. The number of aliphatic hydroxyl groups is 1. The molecular weight excluding hydrogens is 312 g/mol. The molecule has 1 aromatic heterocycles. The van der Waals surface area contributed by atoms with E-state index in [4.69, 9.17) is 4.74 Å². The Labute approximate surface area is 140 Å². The number of para-hydroxylation sites is 1. The second kappa shape index (κ2) is 6.95. The van der Waals surface area contributed by atoms with E-state index in [1.807, 2.05) is 26.1 Å². The number of benzene rings is 1. The number of thioether (sulfide) groups is 1.